The van der Waals surface area contributed by atoms with E-state index in [2.05, 4.69) is 0 Å². The van der Waals surface area contributed by atoms with Crippen LogP contribution in [0.5, 0.6) is 11.5 Å². The molecule has 3 nitrogen and oxygen atoms in total. The van der Waals surface area contributed by atoms with Crippen LogP contribution in [-0.4, -0.2) is 7.11 Å². The molecule has 19 heavy (non-hydrogen) atoms. The first-order valence-electron chi connectivity index (χ1n) is 5.69. The van der Waals surface area contributed by atoms with Crippen molar-refractivity contribution in [3.63, 3.8) is 0 Å². The van der Waals surface area contributed by atoms with E-state index in [1.165, 1.54) is 0 Å². The lowest BCUT2D eigenvalue weighted by Gasteiger charge is -2.09. The molecule has 0 bridgehead atoms. The van der Waals surface area contributed by atoms with Gasteiger partial charge in [0, 0.05) is 0 Å². The molecular formula is C15H12ClNO2. The summed E-state index contributed by atoms with van der Waals surface area (Å²) in [5, 5.41) is 9.43. The molecule has 0 N–H and O–H groups in total. The van der Waals surface area contributed by atoms with E-state index in [0.717, 1.165) is 11.3 Å². The quantitative estimate of drug-likeness (QED) is 0.851. The zero-order valence-corrected chi connectivity index (χ0v) is 11.1. The maximum absolute atomic E-state index is 9.03. The Morgan fingerprint density at radius 2 is 1.89 bits per heavy atom. The number of hydrogen-bond acceptors (Lipinski definition) is 3. The fraction of sp³-hybridized carbons (Fsp3) is 0.133. The summed E-state index contributed by atoms with van der Waals surface area (Å²) >= 11 is 5.93. The minimum absolute atomic E-state index is 0.359. The summed E-state index contributed by atoms with van der Waals surface area (Å²) in [6.45, 7) is 0.374. The van der Waals surface area contributed by atoms with Crippen LogP contribution in [0.1, 0.15) is 11.1 Å². The number of nitriles is 1. The second-order valence-electron chi connectivity index (χ2n) is 3.86. The molecular weight excluding hydrogens is 262 g/mol. The maximum atomic E-state index is 9.03. The van der Waals surface area contributed by atoms with Gasteiger partial charge >= 0.3 is 0 Å². The van der Waals surface area contributed by atoms with Gasteiger partial charge in [-0.25, -0.2) is 0 Å². The van der Waals surface area contributed by atoms with Gasteiger partial charge in [0.05, 0.1) is 12.1 Å². The number of benzene rings is 2. The molecule has 2 aromatic carbocycles. The van der Waals surface area contributed by atoms with Crippen molar-refractivity contribution in [1.82, 2.24) is 0 Å². The van der Waals surface area contributed by atoms with Crippen LogP contribution in [0.4, 0.5) is 0 Å². The van der Waals surface area contributed by atoms with Crippen molar-refractivity contribution < 1.29 is 9.47 Å². The summed E-state index contributed by atoms with van der Waals surface area (Å²) in [4.78, 5) is 0. The van der Waals surface area contributed by atoms with Crippen molar-refractivity contribution in [3.8, 4) is 17.6 Å². The van der Waals surface area contributed by atoms with E-state index in [0.29, 0.717) is 22.9 Å². The highest BCUT2D eigenvalue weighted by Crippen LogP contribution is 2.26. The lowest BCUT2D eigenvalue weighted by atomic mass is 10.2. The summed E-state index contributed by atoms with van der Waals surface area (Å²) < 4.78 is 10.7. The fourth-order valence-electron chi connectivity index (χ4n) is 1.62. The van der Waals surface area contributed by atoms with Crippen LogP contribution in [0.15, 0.2) is 42.5 Å². The molecule has 0 amide bonds. The van der Waals surface area contributed by atoms with E-state index >= 15 is 0 Å². The van der Waals surface area contributed by atoms with Crippen LogP contribution in [0.2, 0.25) is 5.02 Å². The van der Waals surface area contributed by atoms with Crippen molar-refractivity contribution in [2.75, 3.05) is 7.11 Å². The van der Waals surface area contributed by atoms with E-state index in [1.807, 2.05) is 30.3 Å². The minimum Gasteiger partial charge on any atom is -0.497 e. The van der Waals surface area contributed by atoms with Crippen molar-refractivity contribution in [2.24, 2.45) is 0 Å². The lowest BCUT2D eigenvalue weighted by Crippen LogP contribution is -1.97. The van der Waals surface area contributed by atoms with E-state index in [1.54, 1.807) is 25.3 Å². The smallest absolute Gasteiger partial charge is 0.139 e. The molecule has 0 unspecified atom stereocenters. The monoisotopic (exact) mass is 273 g/mol. The van der Waals surface area contributed by atoms with Crippen molar-refractivity contribution in [3.05, 3.63) is 58.6 Å². The van der Waals surface area contributed by atoms with Crippen molar-refractivity contribution in [1.29, 1.82) is 5.26 Å². The van der Waals surface area contributed by atoms with Crippen LogP contribution in [-0.2, 0) is 6.61 Å². The summed E-state index contributed by atoms with van der Waals surface area (Å²) in [5.41, 5.74) is 1.35. The third-order valence-corrected chi connectivity index (χ3v) is 2.96. The van der Waals surface area contributed by atoms with E-state index in [4.69, 9.17) is 26.3 Å². The van der Waals surface area contributed by atoms with Gasteiger partial charge in [-0.1, -0.05) is 29.8 Å². The highest BCUT2D eigenvalue weighted by Gasteiger charge is 2.07. The normalized spacial score (nSPS) is 9.74. The van der Waals surface area contributed by atoms with Crippen LogP contribution < -0.4 is 9.47 Å². The molecule has 2 aromatic rings. The molecule has 0 aliphatic rings. The second-order valence-corrected chi connectivity index (χ2v) is 4.27. The first-order valence-corrected chi connectivity index (χ1v) is 6.06. The Labute approximate surface area is 117 Å². The molecule has 4 heteroatoms. The Morgan fingerprint density at radius 1 is 1.16 bits per heavy atom. The van der Waals surface area contributed by atoms with E-state index in [9.17, 15) is 0 Å². The van der Waals surface area contributed by atoms with Crippen LogP contribution in [0.25, 0.3) is 0 Å². The molecule has 0 spiro atoms. The zero-order valence-electron chi connectivity index (χ0n) is 10.4. The lowest BCUT2D eigenvalue weighted by molar-refractivity contribution is 0.305. The first-order chi connectivity index (χ1) is 9.24. The largest absolute Gasteiger partial charge is 0.497 e. The Balaban J connectivity index is 2.10. The molecule has 0 aliphatic carbocycles. The summed E-state index contributed by atoms with van der Waals surface area (Å²) in [5.74, 6) is 1.29. The van der Waals surface area contributed by atoms with Crippen LogP contribution in [0.3, 0.4) is 0 Å². The SMILES string of the molecule is COc1ccc(COc2cccc(Cl)c2C#N)cc1. The highest BCUT2D eigenvalue weighted by atomic mass is 35.5. The van der Waals surface area contributed by atoms with Gasteiger partial charge < -0.3 is 9.47 Å². The summed E-state index contributed by atoms with van der Waals surface area (Å²) in [6, 6.07) is 14.7. The number of ether oxygens (including phenoxy) is 2. The fourth-order valence-corrected chi connectivity index (χ4v) is 1.82. The third-order valence-electron chi connectivity index (χ3n) is 2.64. The van der Waals surface area contributed by atoms with Gasteiger partial charge in [0.1, 0.15) is 29.7 Å². The molecule has 0 atom stereocenters. The number of halogens is 1. The average molecular weight is 274 g/mol. The molecule has 0 saturated heterocycles. The van der Waals surface area contributed by atoms with Gasteiger partial charge in [0.2, 0.25) is 0 Å². The molecule has 0 radical (unpaired) electrons. The third kappa shape index (κ3) is 3.18. The predicted octanol–water partition coefficient (Wildman–Crippen LogP) is 3.80. The highest BCUT2D eigenvalue weighted by molar-refractivity contribution is 6.31. The zero-order chi connectivity index (χ0) is 13.7. The summed E-state index contributed by atoms with van der Waals surface area (Å²) in [7, 11) is 1.62. The standard InChI is InChI=1S/C15H12ClNO2/c1-18-12-7-5-11(6-8-12)10-19-15-4-2-3-14(16)13(15)9-17/h2-8H,10H2,1H3. The van der Waals surface area contributed by atoms with Crippen molar-refractivity contribution >= 4 is 11.6 Å². The number of hydrogen-bond donors (Lipinski definition) is 0. The molecule has 0 saturated carbocycles. The van der Waals surface area contributed by atoms with Gasteiger partial charge in [0.25, 0.3) is 0 Å². The van der Waals surface area contributed by atoms with Gasteiger partial charge in [0.15, 0.2) is 0 Å². The van der Waals surface area contributed by atoms with E-state index < -0.39 is 0 Å². The molecule has 0 fully saturated rings. The first kappa shape index (κ1) is 13.3. The molecule has 2 rings (SSSR count). The maximum Gasteiger partial charge on any atom is 0.139 e. The minimum atomic E-state index is 0.359. The van der Waals surface area contributed by atoms with Gasteiger partial charge in [-0.2, -0.15) is 5.26 Å². The number of rotatable bonds is 4. The van der Waals surface area contributed by atoms with E-state index in [-0.39, 0.29) is 0 Å². The average Bonchev–Trinajstić information content (AvgIpc) is 2.45. The molecule has 96 valence electrons. The molecule has 0 heterocycles. The topological polar surface area (TPSA) is 42.2 Å². The predicted molar refractivity (Wildman–Crippen MR) is 73.5 cm³/mol. The van der Waals surface area contributed by atoms with Gasteiger partial charge in [-0.05, 0) is 29.8 Å². The Bertz CT molecular complexity index is 603. The molecule has 0 aliphatic heterocycles. The Morgan fingerprint density at radius 3 is 2.53 bits per heavy atom. The van der Waals surface area contributed by atoms with Crippen LogP contribution in [0, 0.1) is 11.3 Å². The number of methoxy groups -OCH3 is 1. The van der Waals surface area contributed by atoms with Crippen LogP contribution >= 0.6 is 11.6 Å². The summed E-state index contributed by atoms with van der Waals surface area (Å²) in [6.07, 6.45) is 0. The number of nitrogens with zero attached hydrogens (tertiary/aromatic N) is 1. The Kier molecular flexibility index (Phi) is 4.27. The Hall–Kier alpha value is -2.18. The van der Waals surface area contributed by atoms with Gasteiger partial charge in [-0.15, -0.1) is 0 Å². The molecule has 0 aromatic heterocycles. The second kappa shape index (κ2) is 6.12. The van der Waals surface area contributed by atoms with Crippen molar-refractivity contribution in [2.45, 2.75) is 6.61 Å². The van der Waals surface area contributed by atoms with Gasteiger partial charge in [-0.3, -0.25) is 0 Å².